The number of ketones is 2. The van der Waals surface area contributed by atoms with Crippen molar-refractivity contribution in [1.29, 1.82) is 0 Å². The normalized spacial score (nSPS) is 11.8. The molecule has 0 aromatic rings. The summed E-state index contributed by atoms with van der Waals surface area (Å²) in [5.41, 5.74) is 0. The lowest BCUT2D eigenvalue weighted by Gasteiger charge is -2.14. The fraction of sp³-hybridized carbons (Fsp3) is 0.851. The van der Waals surface area contributed by atoms with Gasteiger partial charge in [0.05, 0.1) is 19.8 Å². The number of ether oxygens (including phenoxy) is 4. The highest BCUT2D eigenvalue weighted by Gasteiger charge is 2.21. The molecule has 2 atom stereocenters. The monoisotopic (exact) mass is 918 g/mol. The van der Waals surface area contributed by atoms with Crippen molar-refractivity contribution in [2.45, 2.75) is 180 Å². The number of Topliss-reactive ketones (excluding diaryl/α,β-unsaturated/α-hetero) is 2. The van der Waals surface area contributed by atoms with E-state index in [1.54, 1.807) is 7.11 Å². The molecule has 3 amide bonds. The van der Waals surface area contributed by atoms with Gasteiger partial charge in [0.25, 0.3) is 0 Å². The summed E-state index contributed by atoms with van der Waals surface area (Å²) in [6.07, 6.45) is 21.4. The standard InChI is InChI=1S/C27H49NO7.C20H38N2O7/c1-35-22-16-17-23(29)20-21-24(27(33)34)28-25(30)18-14-12-10-8-6-4-2-3-5-7-9-11-13-15-19-26(31)32;1-3-10-28-15-20(26)22-9-11-27-12-13-29-16-19(25)21-8-6-5-7-17(4-2)18(24)14-23/h24H,2-22H2,1H3,(H,28,30)(H,31,32)(H,33,34);17,23H,3-16H2,1-2H3,(H,21,25)(H,22,26)/t24-;17-/m00/s1. The number of unbranched alkanes of at least 4 members (excludes halogenated alkanes) is 14. The molecule has 374 valence electrons. The van der Waals surface area contributed by atoms with E-state index in [0.717, 1.165) is 77.0 Å². The molecule has 0 aliphatic carbocycles. The summed E-state index contributed by atoms with van der Waals surface area (Å²) < 4.78 is 20.6. The van der Waals surface area contributed by atoms with Crippen LogP contribution in [0.15, 0.2) is 0 Å². The van der Waals surface area contributed by atoms with Crippen molar-refractivity contribution in [2.24, 2.45) is 5.92 Å². The molecule has 0 rings (SSSR count). The Balaban J connectivity index is 0. The van der Waals surface area contributed by atoms with Crippen LogP contribution in [0.1, 0.15) is 174 Å². The number of carboxylic acid groups (broad SMARTS) is 2. The van der Waals surface area contributed by atoms with Crippen LogP contribution < -0.4 is 16.0 Å². The molecule has 0 aromatic heterocycles. The number of methoxy groups -OCH3 is 1. The second kappa shape index (κ2) is 47.5. The van der Waals surface area contributed by atoms with Gasteiger partial charge in [-0.1, -0.05) is 97.3 Å². The highest BCUT2D eigenvalue weighted by Crippen LogP contribution is 2.15. The Labute approximate surface area is 383 Å². The van der Waals surface area contributed by atoms with Crippen LogP contribution in [0.2, 0.25) is 0 Å². The van der Waals surface area contributed by atoms with Gasteiger partial charge in [0, 0.05) is 65.0 Å². The van der Waals surface area contributed by atoms with Crippen molar-refractivity contribution < 1.29 is 67.8 Å². The number of aliphatic carboxylic acids is 2. The number of hydrogen-bond acceptors (Lipinski definition) is 12. The SMILES string of the molecule is CCCOCC(=O)NCCOCCOCC(=O)NCCCC[C@H](CC)C(=O)CO.COCCCC(=O)CC[C@H](NC(=O)CCCCCCCCCCCCCCCCC(=O)O)C(=O)O. The Kier molecular flexibility index (Phi) is 46.4. The molecule has 0 saturated carbocycles. The van der Waals surface area contributed by atoms with E-state index in [-0.39, 0.29) is 67.7 Å². The minimum atomic E-state index is -1.10. The van der Waals surface area contributed by atoms with Gasteiger partial charge in [-0.2, -0.15) is 0 Å². The Bertz CT molecular complexity index is 1210. The maximum absolute atomic E-state index is 12.1. The first-order valence-corrected chi connectivity index (χ1v) is 24.1. The van der Waals surface area contributed by atoms with Crippen LogP contribution in [-0.2, 0) is 52.5 Å². The Morgan fingerprint density at radius 2 is 1.05 bits per heavy atom. The summed E-state index contributed by atoms with van der Waals surface area (Å²) in [7, 11) is 1.57. The molecular formula is C47H87N3O14. The number of carboxylic acids is 2. The van der Waals surface area contributed by atoms with Crippen molar-refractivity contribution in [1.82, 2.24) is 16.0 Å². The number of amides is 3. The number of nitrogens with one attached hydrogen (secondary N) is 3. The summed E-state index contributed by atoms with van der Waals surface area (Å²) in [5.74, 6) is -2.63. The predicted octanol–water partition coefficient (Wildman–Crippen LogP) is 6.09. The summed E-state index contributed by atoms with van der Waals surface area (Å²) in [6, 6.07) is -1.01. The zero-order valence-corrected chi connectivity index (χ0v) is 39.7. The van der Waals surface area contributed by atoms with E-state index in [9.17, 15) is 38.7 Å². The molecule has 0 unspecified atom stereocenters. The first-order valence-electron chi connectivity index (χ1n) is 24.1. The van der Waals surface area contributed by atoms with Gasteiger partial charge in [-0.3, -0.25) is 28.8 Å². The van der Waals surface area contributed by atoms with E-state index < -0.39 is 24.6 Å². The number of aliphatic hydroxyl groups is 1. The molecular weight excluding hydrogens is 831 g/mol. The average Bonchev–Trinajstić information content (AvgIpc) is 3.27. The molecule has 0 saturated heterocycles. The zero-order chi connectivity index (χ0) is 47.9. The number of rotatable bonds is 46. The third-order valence-electron chi connectivity index (χ3n) is 10.4. The van der Waals surface area contributed by atoms with Gasteiger partial charge in [0.15, 0.2) is 5.78 Å². The Morgan fingerprint density at radius 1 is 0.516 bits per heavy atom. The summed E-state index contributed by atoms with van der Waals surface area (Å²) in [5, 5.41) is 34.8. The molecule has 0 radical (unpaired) electrons. The molecule has 0 heterocycles. The summed E-state index contributed by atoms with van der Waals surface area (Å²) in [4.78, 5) is 80.2. The van der Waals surface area contributed by atoms with Crippen LogP contribution >= 0.6 is 0 Å². The maximum atomic E-state index is 12.1. The van der Waals surface area contributed by atoms with E-state index >= 15 is 0 Å². The highest BCUT2D eigenvalue weighted by atomic mass is 16.5. The second-order valence-electron chi connectivity index (χ2n) is 16.1. The van der Waals surface area contributed by atoms with Crippen LogP contribution in [0.5, 0.6) is 0 Å². The molecule has 0 bridgehead atoms. The Hall–Kier alpha value is -3.51. The number of carbonyl (C=O) groups excluding carboxylic acids is 5. The largest absolute Gasteiger partial charge is 0.481 e. The van der Waals surface area contributed by atoms with Crippen molar-refractivity contribution in [3.8, 4) is 0 Å². The minimum Gasteiger partial charge on any atom is -0.481 e. The fourth-order valence-electron chi connectivity index (χ4n) is 6.58. The molecule has 64 heavy (non-hydrogen) atoms. The molecule has 6 N–H and O–H groups in total. The van der Waals surface area contributed by atoms with Gasteiger partial charge < -0.3 is 50.2 Å². The molecule has 0 aliphatic rings. The highest BCUT2D eigenvalue weighted by molar-refractivity contribution is 5.85. The van der Waals surface area contributed by atoms with Crippen molar-refractivity contribution >= 4 is 41.2 Å². The van der Waals surface area contributed by atoms with E-state index in [0.29, 0.717) is 65.4 Å². The summed E-state index contributed by atoms with van der Waals surface area (Å²) in [6.45, 7) is 6.54. The smallest absolute Gasteiger partial charge is 0.326 e. The quantitative estimate of drug-likeness (QED) is 0.0378. The van der Waals surface area contributed by atoms with E-state index in [4.69, 9.17) is 29.2 Å². The Morgan fingerprint density at radius 3 is 1.56 bits per heavy atom. The van der Waals surface area contributed by atoms with Gasteiger partial charge in [0.2, 0.25) is 17.7 Å². The lowest BCUT2D eigenvalue weighted by Crippen LogP contribution is -2.41. The number of hydrogen-bond donors (Lipinski definition) is 6. The van der Waals surface area contributed by atoms with Crippen molar-refractivity contribution in [3.63, 3.8) is 0 Å². The first kappa shape index (κ1) is 62.6. The third-order valence-corrected chi connectivity index (χ3v) is 10.4. The molecule has 0 spiro atoms. The molecule has 17 heteroatoms. The molecule has 17 nitrogen and oxygen atoms in total. The van der Waals surface area contributed by atoms with Crippen LogP contribution in [0, 0.1) is 5.92 Å². The number of aliphatic hydroxyl groups excluding tert-OH is 1. The first-order chi connectivity index (χ1) is 30.9. The third kappa shape index (κ3) is 45.1. The predicted molar refractivity (Wildman–Crippen MR) is 245 cm³/mol. The van der Waals surface area contributed by atoms with Gasteiger partial charge in [0.1, 0.15) is 31.6 Å². The fourth-order valence-corrected chi connectivity index (χ4v) is 6.58. The summed E-state index contributed by atoms with van der Waals surface area (Å²) >= 11 is 0. The average molecular weight is 918 g/mol. The van der Waals surface area contributed by atoms with Gasteiger partial charge in [-0.25, -0.2) is 4.79 Å². The van der Waals surface area contributed by atoms with Gasteiger partial charge in [-0.05, 0) is 51.4 Å². The number of carbonyl (C=O) groups is 7. The van der Waals surface area contributed by atoms with Crippen LogP contribution in [0.25, 0.3) is 0 Å². The zero-order valence-electron chi connectivity index (χ0n) is 39.7. The molecule has 0 aliphatic heterocycles. The van der Waals surface area contributed by atoms with Crippen LogP contribution in [0.3, 0.4) is 0 Å². The van der Waals surface area contributed by atoms with Gasteiger partial charge in [-0.15, -0.1) is 0 Å². The van der Waals surface area contributed by atoms with E-state index in [1.807, 2.05) is 13.8 Å². The van der Waals surface area contributed by atoms with E-state index in [2.05, 4.69) is 16.0 Å². The van der Waals surface area contributed by atoms with Crippen LogP contribution in [0.4, 0.5) is 0 Å². The lowest BCUT2D eigenvalue weighted by molar-refractivity contribution is -0.142. The topological polar surface area (TPSA) is 253 Å². The molecule has 0 fully saturated rings. The minimum absolute atomic E-state index is 0.00693. The molecule has 0 aromatic carbocycles. The van der Waals surface area contributed by atoms with E-state index in [1.165, 1.54) is 44.9 Å². The van der Waals surface area contributed by atoms with Crippen LogP contribution in [-0.4, -0.2) is 136 Å². The lowest BCUT2D eigenvalue weighted by atomic mass is 9.95. The van der Waals surface area contributed by atoms with Crippen molar-refractivity contribution in [2.75, 3.05) is 73.1 Å². The second-order valence-corrected chi connectivity index (χ2v) is 16.1. The van der Waals surface area contributed by atoms with Crippen molar-refractivity contribution in [3.05, 3.63) is 0 Å². The van der Waals surface area contributed by atoms with Gasteiger partial charge >= 0.3 is 11.9 Å². The maximum Gasteiger partial charge on any atom is 0.326 e.